The number of aryl methyl sites for hydroxylation is 1. The van der Waals surface area contributed by atoms with Gasteiger partial charge in [-0.3, -0.25) is 9.48 Å². The molecule has 5 nitrogen and oxygen atoms in total. The van der Waals surface area contributed by atoms with Crippen LogP contribution in [0.15, 0.2) is 48.7 Å². The van der Waals surface area contributed by atoms with Gasteiger partial charge in [0.05, 0.1) is 5.52 Å². The Balaban J connectivity index is 1.44. The quantitative estimate of drug-likeness (QED) is 0.733. The van der Waals surface area contributed by atoms with Gasteiger partial charge in [0.1, 0.15) is 0 Å². The summed E-state index contributed by atoms with van der Waals surface area (Å²) in [5, 5.41) is 12.0. The maximum Gasteiger partial charge on any atom is 0.251 e. The number of piperidine rings is 1. The average molecular weight is 362 g/mol. The van der Waals surface area contributed by atoms with Crippen LogP contribution < -0.4 is 10.6 Å². The summed E-state index contributed by atoms with van der Waals surface area (Å²) in [6, 6.07) is 14.1. The lowest BCUT2D eigenvalue weighted by atomic mass is 9.89. The van der Waals surface area contributed by atoms with Gasteiger partial charge in [0.25, 0.3) is 5.91 Å². The Kier molecular flexibility index (Phi) is 5.21. The first-order valence-electron chi connectivity index (χ1n) is 9.68. The molecule has 1 aromatic heterocycles. The van der Waals surface area contributed by atoms with Crippen LogP contribution in [-0.4, -0.2) is 28.8 Å². The van der Waals surface area contributed by atoms with Crippen LogP contribution in [-0.2, 0) is 20.0 Å². The summed E-state index contributed by atoms with van der Waals surface area (Å²) in [6.45, 7) is 2.66. The third-order valence-electron chi connectivity index (χ3n) is 5.37. The first kappa shape index (κ1) is 17.7. The minimum atomic E-state index is 0.000604. The van der Waals surface area contributed by atoms with E-state index in [0.29, 0.717) is 12.5 Å². The zero-order valence-corrected chi connectivity index (χ0v) is 15.7. The molecular formula is C22H26N4O. The van der Waals surface area contributed by atoms with Gasteiger partial charge in [0.15, 0.2) is 0 Å². The SMILES string of the molecule is Cn1cc2ccc(CNC(=O)c3ccccc3CC3CCNCC3)cc2n1. The van der Waals surface area contributed by atoms with Crippen molar-refractivity contribution >= 4 is 16.8 Å². The number of fused-ring (bicyclic) bond motifs is 1. The molecule has 0 spiro atoms. The van der Waals surface area contributed by atoms with Gasteiger partial charge in [-0.25, -0.2) is 0 Å². The van der Waals surface area contributed by atoms with E-state index >= 15 is 0 Å². The number of hydrogen-bond donors (Lipinski definition) is 2. The van der Waals surface area contributed by atoms with E-state index in [4.69, 9.17) is 0 Å². The Morgan fingerprint density at radius 3 is 2.89 bits per heavy atom. The molecule has 3 aromatic rings. The fourth-order valence-electron chi connectivity index (χ4n) is 3.89. The molecule has 2 aromatic carbocycles. The van der Waals surface area contributed by atoms with Gasteiger partial charge in [-0.1, -0.05) is 30.3 Å². The number of aromatic nitrogens is 2. The van der Waals surface area contributed by atoms with Gasteiger partial charge in [-0.05, 0) is 61.5 Å². The number of hydrogen-bond acceptors (Lipinski definition) is 3. The molecule has 0 aliphatic carbocycles. The van der Waals surface area contributed by atoms with Crippen molar-refractivity contribution in [2.24, 2.45) is 13.0 Å². The summed E-state index contributed by atoms with van der Waals surface area (Å²) >= 11 is 0. The van der Waals surface area contributed by atoms with E-state index in [1.165, 1.54) is 12.8 Å². The van der Waals surface area contributed by atoms with Crippen LogP contribution >= 0.6 is 0 Å². The molecule has 1 fully saturated rings. The van der Waals surface area contributed by atoms with Gasteiger partial charge >= 0.3 is 0 Å². The molecule has 1 saturated heterocycles. The van der Waals surface area contributed by atoms with Crippen molar-refractivity contribution in [3.05, 3.63) is 65.4 Å². The second-order valence-electron chi connectivity index (χ2n) is 7.43. The van der Waals surface area contributed by atoms with Crippen molar-refractivity contribution in [2.45, 2.75) is 25.8 Å². The molecule has 5 heteroatoms. The molecule has 0 atom stereocenters. The van der Waals surface area contributed by atoms with E-state index in [9.17, 15) is 4.79 Å². The van der Waals surface area contributed by atoms with Crippen molar-refractivity contribution < 1.29 is 4.79 Å². The third-order valence-corrected chi connectivity index (χ3v) is 5.37. The van der Waals surface area contributed by atoms with Crippen LogP contribution in [0.1, 0.15) is 34.3 Å². The van der Waals surface area contributed by atoms with Crippen molar-refractivity contribution in [3.8, 4) is 0 Å². The minimum absolute atomic E-state index is 0.000604. The molecule has 0 unspecified atom stereocenters. The highest BCUT2D eigenvalue weighted by Gasteiger charge is 2.17. The van der Waals surface area contributed by atoms with Gasteiger partial charge < -0.3 is 10.6 Å². The van der Waals surface area contributed by atoms with E-state index in [0.717, 1.165) is 47.1 Å². The van der Waals surface area contributed by atoms with E-state index in [1.54, 1.807) is 0 Å². The maximum atomic E-state index is 12.8. The Morgan fingerprint density at radius 1 is 1.22 bits per heavy atom. The molecule has 27 heavy (non-hydrogen) atoms. The standard InChI is InChI=1S/C22H26N4O/c1-26-15-19-7-6-17(13-21(19)25-26)14-24-22(27)20-5-3-2-4-18(20)12-16-8-10-23-11-9-16/h2-7,13,15-16,23H,8-12,14H2,1H3,(H,24,27). The number of carbonyl (C=O) groups is 1. The zero-order valence-electron chi connectivity index (χ0n) is 15.7. The highest BCUT2D eigenvalue weighted by atomic mass is 16.1. The molecule has 0 bridgehead atoms. The normalized spacial score (nSPS) is 15.1. The van der Waals surface area contributed by atoms with Gasteiger partial charge in [-0.15, -0.1) is 0 Å². The lowest BCUT2D eigenvalue weighted by molar-refractivity contribution is 0.0949. The monoisotopic (exact) mass is 362 g/mol. The molecule has 0 saturated carbocycles. The van der Waals surface area contributed by atoms with Crippen LogP contribution in [0.3, 0.4) is 0 Å². The Bertz CT molecular complexity index is 940. The number of nitrogens with one attached hydrogen (secondary N) is 2. The smallest absolute Gasteiger partial charge is 0.251 e. The number of nitrogens with zero attached hydrogens (tertiary/aromatic N) is 2. The Morgan fingerprint density at radius 2 is 2.04 bits per heavy atom. The number of benzene rings is 2. The van der Waals surface area contributed by atoms with Crippen LogP contribution in [0.5, 0.6) is 0 Å². The van der Waals surface area contributed by atoms with Gasteiger partial charge in [-0.2, -0.15) is 5.10 Å². The fourth-order valence-corrected chi connectivity index (χ4v) is 3.89. The summed E-state index contributed by atoms with van der Waals surface area (Å²) in [6.07, 6.45) is 5.33. The molecule has 2 heterocycles. The molecule has 2 N–H and O–H groups in total. The zero-order chi connectivity index (χ0) is 18.6. The van der Waals surface area contributed by atoms with Gasteiger partial charge in [0.2, 0.25) is 0 Å². The second-order valence-corrected chi connectivity index (χ2v) is 7.43. The number of amides is 1. The highest BCUT2D eigenvalue weighted by molar-refractivity contribution is 5.95. The average Bonchev–Trinajstić information content (AvgIpc) is 3.06. The third kappa shape index (κ3) is 4.19. The molecule has 0 radical (unpaired) electrons. The predicted octanol–water partition coefficient (Wildman–Crippen LogP) is 3.05. The topological polar surface area (TPSA) is 59.0 Å². The lowest BCUT2D eigenvalue weighted by Gasteiger charge is -2.23. The molecule has 1 amide bonds. The van der Waals surface area contributed by atoms with Crippen molar-refractivity contribution in [1.82, 2.24) is 20.4 Å². The Labute approximate surface area is 159 Å². The second kappa shape index (κ2) is 7.92. The van der Waals surface area contributed by atoms with Gasteiger partial charge in [0, 0.05) is 30.7 Å². The summed E-state index contributed by atoms with van der Waals surface area (Å²) in [5.41, 5.74) is 3.97. The highest BCUT2D eigenvalue weighted by Crippen LogP contribution is 2.21. The minimum Gasteiger partial charge on any atom is -0.348 e. The summed E-state index contributed by atoms with van der Waals surface area (Å²) < 4.78 is 1.81. The summed E-state index contributed by atoms with van der Waals surface area (Å²) in [4.78, 5) is 12.8. The van der Waals surface area contributed by atoms with Crippen LogP contribution in [0.25, 0.3) is 10.9 Å². The summed E-state index contributed by atoms with van der Waals surface area (Å²) in [7, 11) is 1.92. The van der Waals surface area contributed by atoms with Crippen LogP contribution in [0.4, 0.5) is 0 Å². The van der Waals surface area contributed by atoms with E-state index in [1.807, 2.05) is 48.3 Å². The van der Waals surface area contributed by atoms with Crippen molar-refractivity contribution in [3.63, 3.8) is 0 Å². The first-order valence-corrected chi connectivity index (χ1v) is 9.68. The Hall–Kier alpha value is -2.66. The van der Waals surface area contributed by atoms with Crippen LogP contribution in [0, 0.1) is 5.92 Å². The lowest BCUT2D eigenvalue weighted by Crippen LogP contribution is -2.29. The van der Waals surface area contributed by atoms with E-state index < -0.39 is 0 Å². The number of rotatable bonds is 5. The van der Waals surface area contributed by atoms with E-state index in [-0.39, 0.29) is 5.91 Å². The molecule has 1 aliphatic heterocycles. The van der Waals surface area contributed by atoms with Crippen molar-refractivity contribution in [1.29, 1.82) is 0 Å². The molecule has 1 aliphatic rings. The maximum absolute atomic E-state index is 12.8. The largest absolute Gasteiger partial charge is 0.348 e. The molecule has 140 valence electrons. The predicted molar refractivity (Wildman–Crippen MR) is 108 cm³/mol. The molecular weight excluding hydrogens is 336 g/mol. The molecule has 4 rings (SSSR count). The van der Waals surface area contributed by atoms with Crippen LogP contribution in [0.2, 0.25) is 0 Å². The van der Waals surface area contributed by atoms with Crippen molar-refractivity contribution in [2.75, 3.05) is 13.1 Å². The van der Waals surface area contributed by atoms with E-state index in [2.05, 4.69) is 27.9 Å². The first-order chi connectivity index (χ1) is 13.2. The summed E-state index contributed by atoms with van der Waals surface area (Å²) in [5.74, 6) is 0.660. The number of carbonyl (C=O) groups excluding carboxylic acids is 1. The fraction of sp³-hybridized carbons (Fsp3) is 0.364.